The Balaban J connectivity index is 1.76. The van der Waals surface area contributed by atoms with Crippen LogP contribution >= 0.6 is 23.2 Å². The number of nitrogens with zero attached hydrogens (tertiary/aromatic N) is 2. The zero-order chi connectivity index (χ0) is 21.8. The first kappa shape index (κ1) is 21.6. The first-order valence-corrected chi connectivity index (χ1v) is 9.87. The number of aromatic nitrogens is 1. The molecule has 1 heterocycles. The lowest BCUT2D eigenvalue weighted by Gasteiger charge is -2.10. The fourth-order valence-electron chi connectivity index (χ4n) is 3.11. The standard InChI is InChI=1S/C22H20Cl2N4O2/c1-13-9-17(14(2)28(13)19-7-8-20(23)21(24)11-19)12-25-27-22(30)16-5-4-6-18(10-16)26-15(3)29/h4-12H,1-3H3,(H,26,29)(H,27,30)/b25-12-. The number of hydrogen-bond acceptors (Lipinski definition) is 3. The van der Waals surface area contributed by atoms with Gasteiger partial charge in [-0.1, -0.05) is 29.3 Å². The highest BCUT2D eigenvalue weighted by Gasteiger charge is 2.11. The number of rotatable bonds is 5. The molecular weight excluding hydrogens is 423 g/mol. The van der Waals surface area contributed by atoms with E-state index in [1.165, 1.54) is 6.92 Å². The predicted octanol–water partition coefficient (Wildman–Crippen LogP) is 5.12. The highest BCUT2D eigenvalue weighted by Crippen LogP contribution is 2.27. The largest absolute Gasteiger partial charge is 0.326 e. The normalized spacial score (nSPS) is 11.0. The molecule has 2 amide bonds. The number of benzene rings is 2. The number of hydrazone groups is 1. The Hall–Kier alpha value is -3.09. The maximum Gasteiger partial charge on any atom is 0.271 e. The average molecular weight is 443 g/mol. The molecule has 0 fully saturated rings. The van der Waals surface area contributed by atoms with Crippen molar-refractivity contribution in [2.24, 2.45) is 5.10 Å². The fraction of sp³-hybridized carbons (Fsp3) is 0.136. The van der Waals surface area contributed by atoms with Crippen LogP contribution in [0.2, 0.25) is 10.0 Å². The first-order valence-electron chi connectivity index (χ1n) is 9.11. The highest BCUT2D eigenvalue weighted by atomic mass is 35.5. The molecule has 0 aliphatic rings. The van der Waals surface area contributed by atoms with Gasteiger partial charge in [0.25, 0.3) is 5.91 Å². The van der Waals surface area contributed by atoms with Crippen LogP contribution in [-0.2, 0) is 4.79 Å². The van der Waals surface area contributed by atoms with Crippen molar-refractivity contribution < 1.29 is 9.59 Å². The summed E-state index contributed by atoms with van der Waals surface area (Å²) < 4.78 is 2.03. The topological polar surface area (TPSA) is 75.5 Å². The number of aryl methyl sites for hydroxylation is 1. The summed E-state index contributed by atoms with van der Waals surface area (Å²) >= 11 is 12.2. The van der Waals surface area contributed by atoms with Crippen molar-refractivity contribution in [2.75, 3.05) is 5.32 Å². The van der Waals surface area contributed by atoms with Crippen molar-refractivity contribution in [1.82, 2.24) is 9.99 Å². The van der Waals surface area contributed by atoms with Crippen LogP contribution in [0.3, 0.4) is 0 Å². The summed E-state index contributed by atoms with van der Waals surface area (Å²) in [5.74, 6) is -0.584. The third-order valence-electron chi connectivity index (χ3n) is 4.45. The quantitative estimate of drug-likeness (QED) is 0.424. The molecule has 30 heavy (non-hydrogen) atoms. The molecule has 0 spiro atoms. The van der Waals surface area contributed by atoms with Gasteiger partial charge in [-0.15, -0.1) is 0 Å². The Labute approximate surface area is 184 Å². The van der Waals surface area contributed by atoms with Gasteiger partial charge in [-0.25, -0.2) is 5.43 Å². The maximum absolute atomic E-state index is 12.4. The average Bonchev–Trinajstić information content (AvgIpc) is 2.97. The number of nitrogens with one attached hydrogen (secondary N) is 2. The number of carbonyl (C=O) groups is 2. The molecule has 6 nitrogen and oxygen atoms in total. The smallest absolute Gasteiger partial charge is 0.271 e. The van der Waals surface area contributed by atoms with Crippen molar-refractivity contribution in [1.29, 1.82) is 0 Å². The van der Waals surface area contributed by atoms with E-state index in [0.29, 0.717) is 21.3 Å². The second-order valence-electron chi connectivity index (χ2n) is 6.72. The van der Waals surface area contributed by atoms with E-state index in [1.54, 1.807) is 42.6 Å². The zero-order valence-corrected chi connectivity index (χ0v) is 18.2. The lowest BCUT2D eigenvalue weighted by molar-refractivity contribution is -0.114. The first-order chi connectivity index (χ1) is 14.3. The molecule has 0 atom stereocenters. The Morgan fingerprint density at radius 1 is 1.03 bits per heavy atom. The second kappa shape index (κ2) is 9.15. The third-order valence-corrected chi connectivity index (χ3v) is 5.19. The van der Waals surface area contributed by atoms with Crippen LogP contribution < -0.4 is 10.7 Å². The van der Waals surface area contributed by atoms with Crippen LogP contribution in [0.15, 0.2) is 53.6 Å². The summed E-state index contributed by atoms with van der Waals surface area (Å²) in [6, 6.07) is 14.0. The van der Waals surface area contributed by atoms with Crippen molar-refractivity contribution >= 4 is 46.9 Å². The molecule has 154 valence electrons. The molecule has 2 N–H and O–H groups in total. The predicted molar refractivity (Wildman–Crippen MR) is 121 cm³/mol. The minimum atomic E-state index is -0.378. The molecular formula is C22H20Cl2N4O2. The highest BCUT2D eigenvalue weighted by molar-refractivity contribution is 6.42. The summed E-state index contributed by atoms with van der Waals surface area (Å²) in [5, 5.41) is 7.69. The molecule has 0 unspecified atom stereocenters. The molecule has 0 bridgehead atoms. The van der Waals surface area contributed by atoms with E-state index >= 15 is 0 Å². The third kappa shape index (κ3) is 4.90. The molecule has 0 radical (unpaired) electrons. The minimum Gasteiger partial charge on any atom is -0.326 e. The lowest BCUT2D eigenvalue weighted by atomic mass is 10.2. The Bertz CT molecular complexity index is 1150. The van der Waals surface area contributed by atoms with E-state index in [9.17, 15) is 9.59 Å². The second-order valence-corrected chi connectivity index (χ2v) is 7.54. The van der Waals surface area contributed by atoms with Gasteiger partial charge in [-0.05, 0) is 56.3 Å². The lowest BCUT2D eigenvalue weighted by Crippen LogP contribution is -2.18. The molecule has 2 aromatic carbocycles. The Kier molecular flexibility index (Phi) is 6.59. The van der Waals surface area contributed by atoms with Gasteiger partial charge >= 0.3 is 0 Å². The van der Waals surface area contributed by atoms with E-state index in [2.05, 4.69) is 15.8 Å². The minimum absolute atomic E-state index is 0.206. The van der Waals surface area contributed by atoms with E-state index in [1.807, 2.05) is 30.5 Å². The van der Waals surface area contributed by atoms with Crippen molar-refractivity contribution in [3.63, 3.8) is 0 Å². The van der Waals surface area contributed by atoms with Crippen LogP contribution in [0.4, 0.5) is 5.69 Å². The summed E-state index contributed by atoms with van der Waals surface area (Å²) in [4.78, 5) is 23.5. The van der Waals surface area contributed by atoms with Crippen LogP contribution in [0.25, 0.3) is 5.69 Å². The summed E-state index contributed by atoms with van der Waals surface area (Å²) in [6.45, 7) is 5.33. The van der Waals surface area contributed by atoms with Gasteiger partial charge in [0.2, 0.25) is 5.91 Å². The summed E-state index contributed by atoms with van der Waals surface area (Å²) in [6.07, 6.45) is 1.59. The van der Waals surface area contributed by atoms with Crippen molar-refractivity contribution in [3.8, 4) is 5.69 Å². The van der Waals surface area contributed by atoms with Gasteiger partial charge in [-0.3, -0.25) is 9.59 Å². The van der Waals surface area contributed by atoms with E-state index in [4.69, 9.17) is 23.2 Å². The van der Waals surface area contributed by atoms with Crippen LogP contribution in [0.1, 0.15) is 34.2 Å². The van der Waals surface area contributed by atoms with E-state index in [-0.39, 0.29) is 11.8 Å². The van der Waals surface area contributed by atoms with Gasteiger partial charge < -0.3 is 9.88 Å². The number of halogens is 2. The molecule has 0 aliphatic carbocycles. The molecule has 0 saturated heterocycles. The molecule has 1 aromatic heterocycles. The van der Waals surface area contributed by atoms with Crippen molar-refractivity contribution in [2.45, 2.75) is 20.8 Å². The van der Waals surface area contributed by atoms with Gasteiger partial charge in [-0.2, -0.15) is 5.10 Å². The summed E-state index contributed by atoms with van der Waals surface area (Å²) in [7, 11) is 0. The van der Waals surface area contributed by atoms with Gasteiger partial charge in [0.1, 0.15) is 0 Å². The number of anilines is 1. The van der Waals surface area contributed by atoms with Gasteiger partial charge in [0.05, 0.1) is 16.3 Å². The van der Waals surface area contributed by atoms with Crippen molar-refractivity contribution in [3.05, 3.63) is 81.1 Å². The molecule has 8 heteroatoms. The van der Waals surface area contributed by atoms with Gasteiger partial charge in [0, 0.05) is 40.8 Å². The van der Waals surface area contributed by atoms with E-state index in [0.717, 1.165) is 22.6 Å². The van der Waals surface area contributed by atoms with Crippen LogP contribution in [-0.4, -0.2) is 22.6 Å². The molecule has 0 saturated carbocycles. The number of hydrogen-bond donors (Lipinski definition) is 2. The Morgan fingerprint density at radius 3 is 2.50 bits per heavy atom. The number of carbonyl (C=O) groups excluding carboxylic acids is 2. The maximum atomic E-state index is 12.4. The molecule has 3 rings (SSSR count). The van der Waals surface area contributed by atoms with E-state index < -0.39 is 0 Å². The van der Waals surface area contributed by atoms with Crippen LogP contribution in [0.5, 0.6) is 0 Å². The monoisotopic (exact) mass is 442 g/mol. The fourth-order valence-corrected chi connectivity index (χ4v) is 3.40. The van der Waals surface area contributed by atoms with Crippen LogP contribution in [0, 0.1) is 13.8 Å². The Morgan fingerprint density at radius 2 is 1.80 bits per heavy atom. The zero-order valence-electron chi connectivity index (χ0n) is 16.7. The molecule has 3 aromatic rings. The SMILES string of the molecule is CC(=O)Nc1cccc(C(=O)N/N=C\c2cc(C)n(-c3ccc(Cl)c(Cl)c3)c2C)c1. The summed E-state index contributed by atoms with van der Waals surface area (Å²) in [5.41, 5.74) is 7.11. The molecule has 0 aliphatic heterocycles. The number of amides is 2. The van der Waals surface area contributed by atoms with Gasteiger partial charge in [0.15, 0.2) is 0 Å².